The van der Waals surface area contributed by atoms with Crippen LogP contribution in [0.1, 0.15) is 39.9 Å². The highest BCUT2D eigenvalue weighted by molar-refractivity contribution is 5.97. The molecule has 4 rings (SSSR count). The molecule has 0 atom stereocenters. The van der Waals surface area contributed by atoms with Crippen molar-refractivity contribution in [2.24, 2.45) is 0 Å². The highest BCUT2D eigenvalue weighted by Gasteiger charge is 2.27. The van der Waals surface area contributed by atoms with Crippen LogP contribution < -0.4 is 4.74 Å². The number of rotatable bonds is 5. The van der Waals surface area contributed by atoms with E-state index >= 15 is 0 Å². The first-order valence-electron chi connectivity index (χ1n) is 9.99. The van der Waals surface area contributed by atoms with E-state index in [-0.39, 0.29) is 18.4 Å². The van der Waals surface area contributed by atoms with Crippen LogP contribution in [0.15, 0.2) is 42.5 Å². The summed E-state index contributed by atoms with van der Waals surface area (Å²) in [7, 11) is 0. The molecule has 2 aromatic rings. The minimum absolute atomic E-state index is 0.0262. The highest BCUT2D eigenvalue weighted by atomic mass is 16.5. The van der Waals surface area contributed by atoms with Crippen LogP contribution in [0.3, 0.4) is 0 Å². The molecule has 0 spiro atoms. The number of hydrogen-bond acceptors (Lipinski definition) is 3. The Balaban J connectivity index is 1.45. The molecule has 1 saturated heterocycles. The van der Waals surface area contributed by atoms with Crippen molar-refractivity contribution in [2.45, 2.75) is 32.7 Å². The molecule has 0 bridgehead atoms. The zero-order valence-corrected chi connectivity index (χ0v) is 16.3. The SMILES string of the molecule is Cc1cccc(CN2CCc3c(OCC(=O)N4CCCC4)cccc3C2=O)c1. The van der Waals surface area contributed by atoms with Gasteiger partial charge in [-0.1, -0.05) is 35.9 Å². The Bertz CT molecular complexity index is 887. The third-order valence-electron chi connectivity index (χ3n) is 5.55. The van der Waals surface area contributed by atoms with Gasteiger partial charge >= 0.3 is 0 Å². The Labute approximate surface area is 165 Å². The van der Waals surface area contributed by atoms with Crippen molar-refractivity contribution in [1.29, 1.82) is 0 Å². The van der Waals surface area contributed by atoms with Gasteiger partial charge in [-0.05, 0) is 43.9 Å². The molecule has 0 aromatic heterocycles. The summed E-state index contributed by atoms with van der Waals surface area (Å²) in [5.41, 5.74) is 3.94. The maximum absolute atomic E-state index is 13.0. The number of fused-ring (bicyclic) bond motifs is 1. The Kier molecular flexibility index (Phi) is 5.33. The standard InChI is InChI=1S/C23H26N2O3/c1-17-6-4-7-18(14-17)15-25-13-10-19-20(23(25)27)8-5-9-21(19)28-16-22(26)24-11-2-3-12-24/h4-9,14H,2-3,10-13,15-16H2,1H3. The van der Waals surface area contributed by atoms with Gasteiger partial charge in [0.05, 0.1) is 0 Å². The quantitative estimate of drug-likeness (QED) is 0.803. The van der Waals surface area contributed by atoms with Gasteiger partial charge in [0.15, 0.2) is 6.61 Å². The van der Waals surface area contributed by atoms with Crippen molar-refractivity contribution in [3.05, 3.63) is 64.7 Å². The first-order valence-corrected chi connectivity index (χ1v) is 9.99. The number of nitrogens with zero attached hydrogens (tertiary/aromatic N) is 2. The largest absolute Gasteiger partial charge is 0.483 e. The average Bonchev–Trinajstić information content (AvgIpc) is 3.23. The van der Waals surface area contributed by atoms with Gasteiger partial charge in [-0.25, -0.2) is 0 Å². The fourth-order valence-corrected chi connectivity index (χ4v) is 4.06. The number of aryl methyl sites for hydroxylation is 1. The summed E-state index contributed by atoms with van der Waals surface area (Å²) in [5.74, 6) is 0.714. The Morgan fingerprint density at radius 2 is 1.86 bits per heavy atom. The number of ether oxygens (including phenoxy) is 1. The van der Waals surface area contributed by atoms with Gasteiger partial charge in [-0.15, -0.1) is 0 Å². The molecule has 0 N–H and O–H groups in total. The van der Waals surface area contributed by atoms with Gasteiger partial charge < -0.3 is 14.5 Å². The second kappa shape index (κ2) is 8.05. The zero-order valence-electron chi connectivity index (χ0n) is 16.3. The minimum atomic E-state index is 0.0262. The number of likely N-dealkylation sites (tertiary alicyclic amines) is 1. The van der Waals surface area contributed by atoms with Crippen LogP contribution in [-0.2, 0) is 17.8 Å². The molecule has 2 aliphatic heterocycles. The predicted octanol–water partition coefficient (Wildman–Crippen LogP) is 3.19. The van der Waals surface area contributed by atoms with Crippen molar-refractivity contribution < 1.29 is 14.3 Å². The van der Waals surface area contributed by atoms with Gasteiger partial charge in [-0.3, -0.25) is 9.59 Å². The summed E-state index contributed by atoms with van der Waals surface area (Å²) in [5, 5.41) is 0. The molecule has 5 nitrogen and oxygen atoms in total. The van der Waals surface area contributed by atoms with Gasteiger partial charge in [0.25, 0.3) is 11.8 Å². The highest BCUT2D eigenvalue weighted by Crippen LogP contribution is 2.29. The molecule has 2 aliphatic rings. The van der Waals surface area contributed by atoms with Crippen molar-refractivity contribution in [1.82, 2.24) is 9.80 Å². The van der Waals surface area contributed by atoms with Crippen LogP contribution >= 0.6 is 0 Å². The average molecular weight is 378 g/mol. The smallest absolute Gasteiger partial charge is 0.260 e. The van der Waals surface area contributed by atoms with Crippen molar-refractivity contribution in [2.75, 3.05) is 26.2 Å². The second-order valence-corrected chi connectivity index (χ2v) is 7.62. The number of amides is 2. The summed E-state index contributed by atoms with van der Waals surface area (Å²) in [6.45, 7) is 5.00. The monoisotopic (exact) mass is 378 g/mol. The van der Waals surface area contributed by atoms with Gasteiger partial charge in [0, 0.05) is 37.3 Å². The molecule has 5 heteroatoms. The van der Waals surface area contributed by atoms with Gasteiger partial charge in [0.2, 0.25) is 0 Å². The molecule has 0 saturated carbocycles. The van der Waals surface area contributed by atoms with Crippen LogP contribution in [0.5, 0.6) is 5.75 Å². The second-order valence-electron chi connectivity index (χ2n) is 7.62. The molecule has 0 radical (unpaired) electrons. The summed E-state index contributed by atoms with van der Waals surface area (Å²) >= 11 is 0. The van der Waals surface area contributed by atoms with Crippen molar-refractivity contribution in [3.63, 3.8) is 0 Å². The Hall–Kier alpha value is -2.82. The van der Waals surface area contributed by atoms with Crippen LogP contribution in [0.2, 0.25) is 0 Å². The lowest BCUT2D eigenvalue weighted by Crippen LogP contribution is -2.37. The molecule has 2 amide bonds. The Morgan fingerprint density at radius 1 is 1.07 bits per heavy atom. The lowest BCUT2D eigenvalue weighted by atomic mass is 9.97. The van der Waals surface area contributed by atoms with Crippen LogP contribution in [0, 0.1) is 6.92 Å². The van der Waals surface area contributed by atoms with Crippen LogP contribution in [0.25, 0.3) is 0 Å². The van der Waals surface area contributed by atoms with E-state index in [9.17, 15) is 9.59 Å². The maximum Gasteiger partial charge on any atom is 0.260 e. The van der Waals surface area contributed by atoms with E-state index in [0.717, 1.165) is 43.5 Å². The summed E-state index contributed by atoms with van der Waals surface area (Å²) in [4.78, 5) is 29.0. The molecule has 2 heterocycles. The van der Waals surface area contributed by atoms with E-state index in [1.165, 1.54) is 5.56 Å². The van der Waals surface area contributed by atoms with Crippen LogP contribution in [0.4, 0.5) is 0 Å². The van der Waals surface area contributed by atoms with E-state index in [1.807, 2.05) is 34.1 Å². The Morgan fingerprint density at radius 3 is 2.64 bits per heavy atom. The molecule has 1 fully saturated rings. The first-order chi connectivity index (χ1) is 13.6. The number of hydrogen-bond donors (Lipinski definition) is 0. The number of carbonyl (C=O) groups excluding carboxylic acids is 2. The molecule has 2 aromatic carbocycles. The third kappa shape index (κ3) is 3.88. The van der Waals surface area contributed by atoms with Gasteiger partial charge in [0.1, 0.15) is 5.75 Å². The number of benzene rings is 2. The van der Waals surface area contributed by atoms with Gasteiger partial charge in [-0.2, -0.15) is 0 Å². The van der Waals surface area contributed by atoms with E-state index in [1.54, 1.807) is 0 Å². The van der Waals surface area contributed by atoms with E-state index in [4.69, 9.17) is 4.74 Å². The zero-order chi connectivity index (χ0) is 19.5. The fraction of sp³-hybridized carbons (Fsp3) is 0.391. The number of carbonyl (C=O) groups is 2. The lowest BCUT2D eigenvalue weighted by molar-refractivity contribution is -0.132. The minimum Gasteiger partial charge on any atom is -0.483 e. The van der Waals surface area contributed by atoms with E-state index in [2.05, 4.69) is 25.1 Å². The third-order valence-corrected chi connectivity index (χ3v) is 5.55. The fourth-order valence-electron chi connectivity index (χ4n) is 4.06. The molecule has 0 aliphatic carbocycles. The van der Waals surface area contributed by atoms with Crippen molar-refractivity contribution >= 4 is 11.8 Å². The van der Waals surface area contributed by atoms with Crippen LogP contribution in [-0.4, -0.2) is 47.9 Å². The lowest BCUT2D eigenvalue weighted by Gasteiger charge is -2.30. The van der Waals surface area contributed by atoms with Crippen molar-refractivity contribution in [3.8, 4) is 5.75 Å². The summed E-state index contributed by atoms with van der Waals surface area (Å²) in [6.07, 6.45) is 2.87. The summed E-state index contributed by atoms with van der Waals surface area (Å²) < 4.78 is 5.83. The topological polar surface area (TPSA) is 49.9 Å². The molecule has 28 heavy (non-hydrogen) atoms. The molecular weight excluding hydrogens is 352 g/mol. The molecular formula is C23H26N2O3. The van der Waals surface area contributed by atoms with E-state index in [0.29, 0.717) is 24.4 Å². The first kappa shape index (κ1) is 18.5. The summed E-state index contributed by atoms with van der Waals surface area (Å²) in [6, 6.07) is 13.8. The maximum atomic E-state index is 13.0. The van der Waals surface area contributed by atoms with E-state index < -0.39 is 0 Å². The predicted molar refractivity (Wildman–Crippen MR) is 107 cm³/mol. The molecule has 146 valence electrons. The normalized spacial score (nSPS) is 16.2. The molecule has 0 unspecified atom stereocenters.